The molecule has 2 aromatic rings. The Hall–Kier alpha value is -2.89. The van der Waals surface area contributed by atoms with Crippen LogP contribution >= 0.6 is 0 Å². The molecule has 0 aliphatic carbocycles. The third kappa shape index (κ3) is 3.85. The van der Waals surface area contributed by atoms with Gasteiger partial charge in [0.15, 0.2) is 11.6 Å². The highest BCUT2D eigenvalue weighted by molar-refractivity contribution is 5.99. The molecule has 0 spiro atoms. The third-order valence-electron chi connectivity index (χ3n) is 4.40. The molecular formula is C20H20FNO4. The highest BCUT2D eigenvalue weighted by Gasteiger charge is 2.36. The van der Waals surface area contributed by atoms with Crippen molar-refractivity contribution in [2.24, 2.45) is 5.92 Å². The standard InChI is InChI=1S/C20H20FNO4/c1-13-3-6-16(7-4-13)22-11-15(10-19(22)23)20(24)26-12-14-5-8-18(25-2)17(21)9-14/h3-9,15H,10-12H2,1-2H3. The molecule has 136 valence electrons. The second kappa shape index (κ2) is 7.56. The zero-order valence-corrected chi connectivity index (χ0v) is 14.7. The minimum Gasteiger partial charge on any atom is -0.494 e. The quantitative estimate of drug-likeness (QED) is 0.771. The van der Waals surface area contributed by atoms with Gasteiger partial charge < -0.3 is 14.4 Å². The number of ether oxygens (including phenoxy) is 2. The number of anilines is 1. The van der Waals surface area contributed by atoms with Crippen LogP contribution in [0.25, 0.3) is 0 Å². The fourth-order valence-corrected chi connectivity index (χ4v) is 2.91. The molecule has 6 heteroatoms. The maximum atomic E-state index is 13.7. The highest BCUT2D eigenvalue weighted by Crippen LogP contribution is 2.26. The molecule has 0 saturated carbocycles. The van der Waals surface area contributed by atoms with Crippen molar-refractivity contribution >= 4 is 17.6 Å². The monoisotopic (exact) mass is 357 g/mol. The van der Waals surface area contributed by atoms with Crippen molar-refractivity contribution in [3.63, 3.8) is 0 Å². The first-order valence-corrected chi connectivity index (χ1v) is 8.34. The molecule has 1 aliphatic heterocycles. The van der Waals surface area contributed by atoms with Gasteiger partial charge in [0.2, 0.25) is 5.91 Å². The van der Waals surface area contributed by atoms with Crippen LogP contribution in [0, 0.1) is 18.7 Å². The van der Waals surface area contributed by atoms with Gasteiger partial charge in [-0.25, -0.2) is 4.39 Å². The van der Waals surface area contributed by atoms with Crippen LogP contribution in [0.2, 0.25) is 0 Å². The zero-order chi connectivity index (χ0) is 18.7. The molecule has 0 aromatic heterocycles. The molecule has 1 heterocycles. The molecular weight excluding hydrogens is 337 g/mol. The Morgan fingerprint density at radius 3 is 2.62 bits per heavy atom. The first-order valence-electron chi connectivity index (χ1n) is 8.34. The number of carbonyl (C=O) groups excluding carboxylic acids is 2. The van der Waals surface area contributed by atoms with Crippen LogP contribution in [0.3, 0.4) is 0 Å². The second-order valence-corrected chi connectivity index (χ2v) is 6.32. The molecule has 26 heavy (non-hydrogen) atoms. The Bertz CT molecular complexity index is 819. The van der Waals surface area contributed by atoms with Gasteiger partial charge in [0.1, 0.15) is 6.61 Å². The van der Waals surface area contributed by atoms with Crippen LogP contribution in [-0.4, -0.2) is 25.5 Å². The topological polar surface area (TPSA) is 55.8 Å². The molecule has 1 amide bonds. The molecule has 5 nitrogen and oxygen atoms in total. The summed E-state index contributed by atoms with van der Waals surface area (Å²) in [5.41, 5.74) is 2.40. The number of nitrogens with zero attached hydrogens (tertiary/aromatic N) is 1. The normalized spacial score (nSPS) is 16.7. The number of hydrogen-bond donors (Lipinski definition) is 0. The van der Waals surface area contributed by atoms with E-state index in [1.807, 2.05) is 31.2 Å². The summed E-state index contributed by atoms with van der Waals surface area (Å²) < 4.78 is 23.8. The summed E-state index contributed by atoms with van der Waals surface area (Å²) in [6, 6.07) is 12.0. The van der Waals surface area contributed by atoms with E-state index in [0.717, 1.165) is 11.3 Å². The number of halogens is 1. The van der Waals surface area contributed by atoms with Gasteiger partial charge in [0, 0.05) is 18.7 Å². The molecule has 1 aliphatic rings. The van der Waals surface area contributed by atoms with Crippen LogP contribution in [-0.2, 0) is 20.9 Å². The summed E-state index contributed by atoms with van der Waals surface area (Å²) in [5.74, 6) is -1.46. The van der Waals surface area contributed by atoms with E-state index in [-0.39, 0.29) is 31.2 Å². The fourth-order valence-electron chi connectivity index (χ4n) is 2.91. The van der Waals surface area contributed by atoms with Crippen molar-refractivity contribution in [2.45, 2.75) is 20.0 Å². The average molecular weight is 357 g/mol. The van der Waals surface area contributed by atoms with Crippen LogP contribution in [0.15, 0.2) is 42.5 Å². The van der Waals surface area contributed by atoms with E-state index in [1.54, 1.807) is 11.0 Å². The lowest BCUT2D eigenvalue weighted by atomic mass is 10.1. The Kier molecular flexibility index (Phi) is 5.21. The maximum Gasteiger partial charge on any atom is 0.311 e. The Labute approximate surface area is 151 Å². The Morgan fingerprint density at radius 1 is 1.23 bits per heavy atom. The van der Waals surface area contributed by atoms with Crippen LogP contribution in [0.1, 0.15) is 17.5 Å². The number of methoxy groups -OCH3 is 1. The predicted molar refractivity (Wildman–Crippen MR) is 94.4 cm³/mol. The lowest BCUT2D eigenvalue weighted by Crippen LogP contribution is -2.26. The lowest BCUT2D eigenvalue weighted by molar-refractivity contribution is -0.149. The van der Waals surface area contributed by atoms with Crippen molar-refractivity contribution in [3.05, 3.63) is 59.4 Å². The molecule has 0 radical (unpaired) electrons. The lowest BCUT2D eigenvalue weighted by Gasteiger charge is -2.16. The first-order chi connectivity index (χ1) is 12.5. The summed E-state index contributed by atoms with van der Waals surface area (Å²) in [7, 11) is 1.38. The summed E-state index contributed by atoms with van der Waals surface area (Å²) in [5, 5.41) is 0. The van der Waals surface area contributed by atoms with Crippen LogP contribution in [0.4, 0.5) is 10.1 Å². The number of esters is 1. The minimum atomic E-state index is -0.521. The molecule has 0 N–H and O–H groups in total. The average Bonchev–Trinajstić information content (AvgIpc) is 3.02. The van der Waals surface area contributed by atoms with Crippen LogP contribution in [0.5, 0.6) is 5.75 Å². The van der Waals surface area contributed by atoms with Crippen molar-refractivity contribution in [1.82, 2.24) is 0 Å². The van der Waals surface area contributed by atoms with Crippen LogP contribution < -0.4 is 9.64 Å². The minimum absolute atomic E-state index is 0.0467. The molecule has 2 aromatic carbocycles. The van der Waals surface area contributed by atoms with Crippen molar-refractivity contribution < 1.29 is 23.5 Å². The fraction of sp³-hybridized carbons (Fsp3) is 0.300. The van der Waals surface area contributed by atoms with Crippen molar-refractivity contribution in [3.8, 4) is 5.75 Å². The number of carbonyl (C=O) groups is 2. The van der Waals surface area contributed by atoms with Gasteiger partial charge in [-0.1, -0.05) is 23.8 Å². The molecule has 3 rings (SSSR count). The van der Waals surface area contributed by atoms with Gasteiger partial charge in [-0.2, -0.15) is 0 Å². The van der Waals surface area contributed by atoms with Gasteiger partial charge in [0.25, 0.3) is 0 Å². The van der Waals surface area contributed by atoms with E-state index < -0.39 is 17.7 Å². The van der Waals surface area contributed by atoms with E-state index in [9.17, 15) is 14.0 Å². The molecule has 1 unspecified atom stereocenters. The summed E-state index contributed by atoms with van der Waals surface area (Å²) in [6.45, 7) is 2.21. The smallest absolute Gasteiger partial charge is 0.311 e. The summed E-state index contributed by atoms with van der Waals surface area (Å²) >= 11 is 0. The highest BCUT2D eigenvalue weighted by atomic mass is 19.1. The molecule has 1 saturated heterocycles. The number of amides is 1. The molecule has 1 atom stereocenters. The Balaban J connectivity index is 1.59. The predicted octanol–water partition coefficient (Wildman–Crippen LogP) is 3.24. The van der Waals surface area contributed by atoms with Crippen molar-refractivity contribution in [1.29, 1.82) is 0 Å². The molecule has 0 bridgehead atoms. The summed E-state index contributed by atoms with van der Waals surface area (Å²) in [6.07, 6.45) is 0.115. The largest absolute Gasteiger partial charge is 0.494 e. The van der Waals surface area contributed by atoms with E-state index in [4.69, 9.17) is 9.47 Å². The van der Waals surface area contributed by atoms with Gasteiger partial charge in [0.05, 0.1) is 13.0 Å². The zero-order valence-electron chi connectivity index (χ0n) is 14.7. The van der Waals surface area contributed by atoms with Gasteiger partial charge >= 0.3 is 5.97 Å². The van der Waals surface area contributed by atoms with Gasteiger partial charge in [-0.15, -0.1) is 0 Å². The van der Waals surface area contributed by atoms with Gasteiger partial charge in [-0.3, -0.25) is 9.59 Å². The number of hydrogen-bond acceptors (Lipinski definition) is 4. The first kappa shape index (κ1) is 17.9. The number of rotatable bonds is 5. The SMILES string of the molecule is COc1ccc(COC(=O)C2CC(=O)N(c3ccc(C)cc3)C2)cc1F. The van der Waals surface area contributed by atoms with E-state index in [1.165, 1.54) is 19.2 Å². The summed E-state index contributed by atoms with van der Waals surface area (Å²) in [4.78, 5) is 26.1. The van der Waals surface area contributed by atoms with E-state index in [0.29, 0.717) is 5.56 Å². The van der Waals surface area contributed by atoms with E-state index in [2.05, 4.69) is 0 Å². The second-order valence-electron chi connectivity index (χ2n) is 6.32. The number of benzene rings is 2. The maximum absolute atomic E-state index is 13.7. The third-order valence-corrected chi connectivity index (χ3v) is 4.40. The molecule has 1 fully saturated rings. The van der Waals surface area contributed by atoms with E-state index >= 15 is 0 Å². The van der Waals surface area contributed by atoms with Crippen molar-refractivity contribution in [2.75, 3.05) is 18.6 Å². The van der Waals surface area contributed by atoms with Gasteiger partial charge in [-0.05, 0) is 36.8 Å². The number of aryl methyl sites for hydroxylation is 1. The Morgan fingerprint density at radius 2 is 1.96 bits per heavy atom.